The lowest BCUT2D eigenvalue weighted by molar-refractivity contribution is 0.0933. The van der Waals surface area contributed by atoms with E-state index in [0.29, 0.717) is 5.56 Å². The lowest BCUT2D eigenvalue weighted by atomic mass is 10.0. The van der Waals surface area contributed by atoms with Crippen LogP contribution in [0.2, 0.25) is 0 Å². The third kappa shape index (κ3) is 3.67. The van der Waals surface area contributed by atoms with Crippen molar-refractivity contribution in [2.45, 2.75) is 18.9 Å². The number of piperidine rings is 1. The van der Waals surface area contributed by atoms with E-state index in [0.717, 1.165) is 43.1 Å². The van der Waals surface area contributed by atoms with Crippen molar-refractivity contribution in [3.05, 3.63) is 60.8 Å². The number of hydrogen-bond donors (Lipinski definition) is 1. The number of amides is 1. The number of benzene rings is 1. The van der Waals surface area contributed by atoms with Gasteiger partial charge in [-0.3, -0.25) is 9.78 Å². The molecule has 2 aromatic heterocycles. The van der Waals surface area contributed by atoms with Crippen LogP contribution in [0.15, 0.2) is 55.2 Å². The quantitative estimate of drug-likeness (QED) is 0.771. The highest BCUT2D eigenvalue weighted by molar-refractivity contribution is 6.00. The van der Waals surface area contributed by atoms with Gasteiger partial charge < -0.3 is 14.8 Å². The first-order chi connectivity index (χ1) is 13.2. The Balaban J connectivity index is 1.51. The second kappa shape index (κ2) is 7.57. The Morgan fingerprint density at radius 1 is 1.19 bits per heavy atom. The summed E-state index contributed by atoms with van der Waals surface area (Å²) < 4.78 is 1.92. The molecule has 1 saturated heterocycles. The number of aromatic nitrogens is 4. The van der Waals surface area contributed by atoms with Crippen LogP contribution in [0.25, 0.3) is 11.4 Å². The zero-order valence-corrected chi connectivity index (χ0v) is 15.2. The van der Waals surface area contributed by atoms with E-state index < -0.39 is 0 Å². The van der Waals surface area contributed by atoms with Gasteiger partial charge >= 0.3 is 0 Å². The SMILES string of the molecule is Cn1ccnc1-c1ccccc1C(=O)N[C@H]1CCCN(c2cnccn2)C1. The van der Waals surface area contributed by atoms with Crippen LogP contribution in [0.5, 0.6) is 0 Å². The molecule has 4 rings (SSSR count). The minimum Gasteiger partial charge on any atom is -0.353 e. The smallest absolute Gasteiger partial charge is 0.252 e. The second-order valence-corrected chi connectivity index (χ2v) is 6.73. The molecule has 1 fully saturated rings. The summed E-state index contributed by atoms with van der Waals surface area (Å²) in [6, 6.07) is 7.67. The molecule has 3 aromatic rings. The highest BCUT2D eigenvalue weighted by Crippen LogP contribution is 2.22. The molecule has 7 heteroatoms. The molecule has 1 aliphatic rings. The van der Waals surface area contributed by atoms with Crippen LogP contribution < -0.4 is 10.2 Å². The molecule has 0 saturated carbocycles. The number of anilines is 1. The second-order valence-electron chi connectivity index (χ2n) is 6.73. The molecule has 7 nitrogen and oxygen atoms in total. The Kier molecular flexibility index (Phi) is 4.82. The van der Waals surface area contributed by atoms with Gasteiger partial charge in [0.15, 0.2) is 0 Å². The van der Waals surface area contributed by atoms with E-state index in [1.807, 2.05) is 42.1 Å². The van der Waals surface area contributed by atoms with Gasteiger partial charge in [-0.15, -0.1) is 0 Å². The van der Waals surface area contributed by atoms with Gasteiger partial charge in [0.05, 0.1) is 11.8 Å². The van der Waals surface area contributed by atoms with E-state index in [2.05, 4.69) is 25.2 Å². The van der Waals surface area contributed by atoms with Gasteiger partial charge in [-0.2, -0.15) is 0 Å². The molecule has 1 aliphatic heterocycles. The molecule has 0 spiro atoms. The molecule has 1 N–H and O–H groups in total. The highest BCUT2D eigenvalue weighted by Gasteiger charge is 2.24. The first-order valence-electron chi connectivity index (χ1n) is 9.11. The molecule has 0 radical (unpaired) electrons. The van der Waals surface area contributed by atoms with Crippen LogP contribution in [0.3, 0.4) is 0 Å². The lowest BCUT2D eigenvalue weighted by Gasteiger charge is -2.33. The number of imidazole rings is 1. The number of nitrogens with one attached hydrogen (secondary N) is 1. The molecule has 27 heavy (non-hydrogen) atoms. The van der Waals surface area contributed by atoms with E-state index >= 15 is 0 Å². The van der Waals surface area contributed by atoms with Crippen LogP contribution in [0, 0.1) is 0 Å². The zero-order chi connectivity index (χ0) is 18.6. The fraction of sp³-hybridized carbons (Fsp3) is 0.300. The van der Waals surface area contributed by atoms with Crippen LogP contribution >= 0.6 is 0 Å². The number of hydrogen-bond acceptors (Lipinski definition) is 5. The molecule has 138 valence electrons. The molecule has 0 bridgehead atoms. The minimum absolute atomic E-state index is 0.0698. The van der Waals surface area contributed by atoms with Crippen LogP contribution in [-0.2, 0) is 7.05 Å². The summed E-state index contributed by atoms with van der Waals surface area (Å²) in [5.41, 5.74) is 1.48. The Bertz CT molecular complexity index is 923. The summed E-state index contributed by atoms with van der Waals surface area (Å²) in [5, 5.41) is 3.19. The maximum Gasteiger partial charge on any atom is 0.252 e. The van der Waals surface area contributed by atoms with E-state index in [9.17, 15) is 4.79 Å². The highest BCUT2D eigenvalue weighted by atomic mass is 16.1. The molecule has 0 unspecified atom stereocenters. The third-order valence-corrected chi connectivity index (χ3v) is 4.86. The topological polar surface area (TPSA) is 75.9 Å². The van der Waals surface area contributed by atoms with Crippen LogP contribution in [0.4, 0.5) is 5.82 Å². The number of carbonyl (C=O) groups is 1. The first-order valence-corrected chi connectivity index (χ1v) is 9.11. The predicted molar refractivity (Wildman–Crippen MR) is 103 cm³/mol. The average Bonchev–Trinajstić information content (AvgIpc) is 3.14. The largest absolute Gasteiger partial charge is 0.353 e. The third-order valence-electron chi connectivity index (χ3n) is 4.86. The summed E-state index contributed by atoms with van der Waals surface area (Å²) in [6.45, 7) is 1.66. The van der Waals surface area contributed by atoms with E-state index in [-0.39, 0.29) is 11.9 Å². The van der Waals surface area contributed by atoms with Gasteiger partial charge in [0.1, 0.15) is 11.6 Å². The Hall–Kier alpha value is -3.22. The summed E-state index contributed by atoms with van der Waals surface area (Å²) >= 11 is 0. The van der Waals surface area contributed by atoms with Gasteiger partial charge in [-0.05, 0) is 18.9 Å². The average molecular weight is 362 g/mol. The van der Waals surface area contributed by atoms with Gasteiger partial charge in [0.2, 0.25) is 0 Å². The zero-order valence-electron chi connectivity index (χ0n) is 15.2. The van der Waals surface area contributed by atoms with Crippen molar-refractivity contribution < 1.29 is 4.79 Å². The first kappa shape index (κ1) is 17.2. The summed E-state index contributed by atoms with van der Waals surface area (Å²) in [6.07, 6.45) is 10.7. The standard InChI is InChI=1S/C20H22N6O/c1-25-12-10-23-19(25)16-6-2-3-7-17(16)20(27)24-15-5-4-11-26(14-15)18-13-21-8-9-22-18/h2-3,6-10,12-13,15H,4-5,11,14H2,1H3,(H,24,27)/t15-/m0/s1. The minimum atomic E-state index is -0.0698. The molecule has 1 amide bonds. The molecule has 1 atom stereocenters. The van der Waals surface area contributed by atoms with Crippen molar-refractivity contribution in [2.75, 3.05) is 18.0 Å². The monoisotopic (exact) mass is 362 g/mol. The Morgan fingerprint density at radius 2 is 2.07 bits per heavy atom. The van der Waals surface area contributed by atoms with E-state index in [4.69, 9.17) is 0 Å². The summed E-state index contributed by atoms with van der Waals surface area (Å²) in [7, 11) is 1.93. The van der Waals surface area contributed by atoms with Gasteiger partial charge in [0, 0.05) is 56.5 Å². The fourth-order valence-electron chi connectivity index (χ4n) is 3.52. The molecule has 1 aromatic carbocycles. The maximum absolute atomic E-state index is 13.0. The van der Waals surface area contributed by atoms with Crippen molar-refractivity contribution in [1.29, 1.82) is 0 Å². The van der Waals surface area contributed by atoms with Crippen LogP contribution in [0.1, 0.15) is 23.2 Å². The number of nitrogens with zero attached hydrogens (tertiary/aromatic N) is 5. The van der Waals surface area contributed by atoms with Crippen molar-refractivity contribution in [3.8, 4) is 11.4 Å². The van der Waals surface area contributed by atoms with Gasteiger partial charge in [0.25, 0.3) is 5.91 Å². The van der Waals surface area contributed by atoms with Crippen molar-refractivity contribution in [2.24, 2.45) is 7.05 Å². The Labute approximate surface area is 158 Å². The molecular formula is C20H22N6O. The number of aryl methyl sites for hydroxylation is 1. The van der Waals surface area contributed by atoms with E-state index in [1.165, 1.54) is 0 Å². The summed E-state index contributed by atoms with van der Waals surface area (Å²) in [4.78, 5) is 28.1. The van der Waals surface area contributed by atoms with Crippen LogP contribution in [-0.4, -0.2) is 44.6 Å². The van der Waals surface area contributed by atoms with E-state index in [1.54, 1.807) is 24.8 Å². The fourth-order valence-corrected chi connectivity index (χ4v) is 3.52. The molecule has 0 aliphatic carbocycles. The Morgan fingerprint density at radius 3 is 2.85 bits per heavy atom. The van der Waals surface area contributed by atoms with Gasteiger partial charge in [-0.1, -0.05) is 18.2 Å². The molecule has 3 heterocycles. The molecular weight excluding hydrogens is 340 g/mol. The summed E-state index contributed by atoms with van der Waals surface area (Å²) in [5.74, 6) is 1.56. The predicted octanol–water partition coefficient (Wildman–Crippen LogP) is 2.28. The normalized spacial score (nSPS) is 16.9. The van der Waals surface area contributed by atoms with Gasteiger partial charge in [-0.25, -0.2) is 9.97 Å². The van der Waals surface area contributed by atoms with Crippen molar-refractivity contribution >= 4 is 11.7 Å². The number of carbonyl (C=O) groups excluding carboxylic acids is 1. The van der Waals surface area contributed by atoms with Crippen molar-refractivity contribution in [1.82, 2.24) is 24.8 Å². The van der Waals surface area contributed by atoms with Crippen molar-refractivity contribution in [3.63, 3.8) is 0 Å². The lowest BCUT2D eigenvalue weighted by Crippen LogP contribution is -2.48. The number of rotatable bonds is 4. The maximum atomic E-state index is 13.0.